The van der Waals surface area contributed by atoms with Crippen LogP contribution in [0.5, 0.6) is 0 Å². The quantitative estimate of drug-likeness (QED) is 0.897. The molecule has 4 nitrogen and oxygen atoms in total. The van der Waals surface area contributed by atoms with Crippen LogP contribution in [0.2, 0.25) is 0 Å². The average Bonchev–Trinajstić information content (AvgIpc) is 2.74. The Morgan fingerprint density at radius 2 is 2.16 bits per heavy atom. The van der Waals surface area contributed by atoms with Gasteiger partial charge in [0, 0.05) is 24.5 Å². The van der Waals surface area contributed by atoms with Gasteiger partial charge in [-0.1, -0.05) is 12.5 Å². The van der Waals surface area contributed by atoms with Gasteiger partial charge in [-0.3, -0.25) is 9.78 Å². The third kappa shape index (κ3) is 4.97. The highest BCUT2D eigenvalue weighted by Crippen LogP contribution is 2.23. The molecule has 0 bridgehead atoms. The zero-order chi connectivity index (χ0) is 12.3. The second kappa shape index (κ2) is 8.35. The molecule has 2 rings (SSSR count). The zero-order valence-corrected chi connectivity index (χ0v) is 12.6. The Morgan fingerprint density at radius 1 is 1.42 bits per heavy atom. The summed E-state index contributed by atoms with van der Waals surface area (Å²) in [6, 6.07) is 3.96. The Balaban J connectivity index is 0.00000162. The monoisotopic (exact) mass is 305 g/mol. The van der Waals surface area contributed by atoms with E-state index in [-0.39, 0.29) is 42.7 Å². The molecule has 0 saturated heterocycles. The summed E-state index contributed by atoms with van der Waals surface area (Å²) in [4.78, 5) is 16.1. The summed E-state index contributed by atoms with van der Waals surface area (Å²) in [6.07, 6.45) is 4.73. The number of rotatable bonds is 3. The molecule has 19 heavy (non-hydrogen) atoms. The predicted molar refractivity (Wildman–Crippen MR) is 80.6 cm³/mol. The van der Waals surface area contributed by atoms with Crippen molar-refractivity contribution in [2.75, 3.05) is 0 Å². The molecule has 3 N–H and O–H groups in total. The standard InChI is InChI=1S/C13H19N3O.2ClH/c1-9-5-6-10(7-15-9)8-16-13(17)11-3-2-4-12(11)14;;/h5-7,11-12H,2-4,8,14H2,1H3,(H,16,17);2*1H. The summed E-state index contributed by atoms with van der Waals surface area (Å²) in [6.45, 7) is 2.48. The second-order valence-electron chi connectivity index (χ2n) is 4.73. The normalized spacial score (nSPS) is 21.2. The minimum Gasteiger partial charge on any atom is -0.352 e. The van der Waals surface area contributed by atoms with Gasteiger partial charge in [-0.15, -0.1) is 24.8 Å². The van der Waals surface area contributed by atoms with E-state index in [1.165, 1.54) is 0 Å². The lowest BCUT2D eigenvalue weighted by Crippen LogP contribution is -2.38. The highest BCUT2D eigenvalue weighted by molar-refractivity contribution is 5.85. The lowest BCUT2D eigenvalue weighted by Gasteiger charge is -2.15. The van der Waals surface area contributed by atoms with Crippen molar-refractivity contribution in [2.45, 2.75) is 38.8 Å². The van der Waals surface area contributed by atoms with E-state index in [2.05, 4.69) is 10.3 Å². The summed E-state index contributed by atoms with van der Waals surface area (Å²) < 4.78 is 0. The molecule has 1 saturated carbocycles. The van der Waals surface area contributed by atoms with E-state index in [9.17, 15) is 4.79 Å². The molecule has 1 aromatic heterocycles. The van der Waals surface area contributed by atoms with E-state index in [4.69, 9.17) is 5.73 Å². The fraction of sp³-hybridized carbons (Fsp3) is 0.538. The molecule has 0 radical (unpaired) electrons. The number of aromatic nitrogens is 1. The maximum atomic E-state index is 11.9. The first-order valence-electron chi connectivity index (χ1n) is 6.11. The molecule has 108 valence electrons. The molecular weight excluding hydrogens is 285 g/mol. The Hall–Kier alpha value is -0.840. The zero-order valence-electron chi connectivity index (χ0n) is 11.0. The fourth-order valence-electron chi connectivity index (χ4n) is 2.24. The molecule has 1 aliphatic rings. The van der Waals surface area contributed by atoms with E-state index >= 15 is 0 Å². The van der Waals surface area contributed by atoms with Crippen molar-refractivity contribution in [3.05, 3.63) is 29.6 Å². The van der Waals surface area contributed by atoms with Gasteiger partial charge in [-0.25, -0.2) is 0 Å². The van der Waals surface area contributed by atoms with Crippen molar-refractivity contribution in [2.24, 2.45) is 11.7 Å². The fourth-order valence-corrected chi connectivity index (χ4v) is 2.24. The van der Waals surface area contributed by atoms with Crippen molar-refractivity contribution in [3.63, 3.8) is 0 Å². The second-order valence-corrected chi connectivity index (χ2v) is 4.73. The van der Waals surface area contributed by atoms with Gasteiger partial charge in [0.15, 0.2) is 0 Å². The largest absolute Gasteiger partial charge is 0.352 e. The van der Waals surface area contributed by atoms with Gasteiger partial charge in [0.25, 0.3) is 0 Å². The van der Waals surface area contributed by atoms with Crippen LogP contribution in [0.4, 0.5) is 0 Å². The third-order valence-corrected chi connectivity index (χ3v) is 3.35. The molecule has 1 aliphatic carbocycles. The van der Waals surface area contributed by atoms with E-state index in [1.807, 2.05) is 19.1 Å². The number of carbonyl (C=O) groups excluding carboxylic acids is 1. The number of hydrogen-bond acceptors (Lipinski definition) is 3. The highest BCUT2D eigenvalue weighted by Gasteiger charge is 2.29. The van der Waals surface area contributed by atoms with E-state index in [0.29, 0.717) is 6.54 Å². The van der Waals surface area contributed by atoms with Gasteiger partial charge >= 0.3 is 0 Å². The maximum Gasteiger partial charge on any atom is 0.224 e. The average molecular weight is 306 g/mol. The van der Waals surface area contributed by atoms with Gasteiger partial charge in [0.05, 0.1) is 5.92 Å². The van der Waals surface area contributed by atoms with E-state index in [1.54, 1.807) is 6.20 Å². The van der Waals surface area contributed by atoms with Crippen molar-refractivity contribution < 1.29 is 4.79 Å². The molecule has 2 atom stereocenters. The Kier molecular flexibility index (Phi) is 7.99. The minimum atomic E-state index is -0.00610. The van der Waals surface area contributed by atoms with Crippen molar-refractivity contribution in [1.29, 1.82) is 0 Å². The van der Waals surface area contributed by atoms with Gasteiger partial charge in [-0.2, -0.15) is 0 Å². The molecule has 1 amide bonds. The van der Waals surface area contributed by atoms with Crippen LogP contribution >= 0.6 is 24.8 Å². The number of nitrogens with one attached hydrogen (secondary N) is 1. The van der Waals surface area contributed by atoms with E-state index < -0.39 is 0 Å². The van der Waals surface area contributed by atoms with Crippen molar-refractivity contribution in [1.82, 2.24) is 10.3 Å². The minimum absolute atomic E-state index is 0. The Morgan fingerprint density at radius 3 is 2.68 bits per heavy atom. The number of hydrogen-bond donors (Lipinski definition) is 2. The first-order valence-corrected chi connectivity index (χ1v) is 6.11. The summed E-state index contributed by atoms with van der Waals surface area (Å²) in [5, 5.41) is 2.93. The van der Waals surface area contributed by atoms with Crippen LogP contribution in [0.15, 0.2) is 18.3 Å². The lowest BCUT2D eigenvalue weighted by molar-refractivity contribution is -0.125. The number of aryl methyl sites for hydroxylation is 1. The van der Waals surface area contributed by atoms with Gasteiger partial charge < -0.3 is 11.1 Å². The number of amides is 1. The smallest absolute Gasteiger partial charge is 0.224 e. The maximum absolute atomic E-state index is 11.9. The lowest BCUT2D eigenvalue weighted by atomic mass is 10.0. The topological polar surface area (TPSA) is 68.0 Å². The van der Waals surface area contributed by atoms with Crippen LogP contribution in [0, 0.1) is 12.8 Å². The van der Waals surface area contributed by atoms with Crippen LogP contribution in [-0.4, -0.2) is 16.9 Å². The summed E-state index contributed by atoms with van der Waals surface area (Å²) in [5.74, 6) is 0.0731. The summed E-state index contributed by atoms with van der Waals surface area (Å²) >= 11 is 0. The predicted octanol–water partition coefficient (Wildman–Crippen LogP) is 1.98. The van der Waals surface area contributed by atoms with Crippen LogP contribution in [-0.2, 0) is 11.3 Å². The van der Waals surface area contributed by atoms with Crippen LogP contribution < -0.4 is 11.1 Å². The molecule has 1 heterocycles. The SMILES string of the molecule is Cc1ccc(CNC(=O)C2CCCC2N)cn1.Cl.Cl. The molecule has 6 heteroatoms. The number of pyridine rings is 1. The first kappa shape index (κ1) is 18.2. The molecule has 1 fully saturated rings. The van der Waals surface area contributed by atoms with Crippen LogP contribution in [0.1, 0.15) is 30.5 Å². The number of carbonyl (C=O) groups is 1. The summed E-state index contributed by atoms with van der Waals surface area (Å²) in [7, 11) is 0. The molecule has 2 unspecified atom stereocenters. The third-order valence-electron chi connectivity index (χ3n) is 3.35. The molecular formula is C13H21Cl2N3O. The van der Waals surface area contributed by atoms with Crippen LogP contribution in [0.25, 0.3) is 0 Å². The number of nitrogens with zero attached hydrogens (tertiary/aromatic N) is 1. The van der Waals surface area contributed by atoms with Crippen molar-refractivity contribution in [3.8, 4) is 0 Å². The molecule has 1 aromatic rings. The molecule has 0 aromatic carbocycles. The Bertz CT molecular complexity index is 397. The summed E-state index contributed by atoms with van der Waals surface area (Å²) in [5.41, 5.74) is 7.90. The van der Waals surface area contributed by atoms with Gasteiger partial charge in [0.1, 0.15) is 0 Å². The van der Waals surface area contributed by atoms with E-state index in [0.717, 1.165) is 30.5 Å². The van der Waals surface area contributed by atoms with Crippen molar-refractivity contribution >= 4 is 30.7 Å². The number of nitrogens with two attached hydrogens (primary N) is 1. The molecule has 0 spiro atoms. The van der Waals surface area contributed by atoms with Gasteiger partial charge in [-0.05, 0) is 31.4 Å². The van der Waals surface area contributed by atoms with Gasteiger partial charge in [0.2, 0.25) is 5.91 Å². The first-order chi connectivity index (χ1) is 8.16. The van der Waals surface area contributed by atoms with Crippen LogP contribution in [0.3, 0.4) is 0 Å². The highest BCUT2D eigenvalue weighted by atomic mass is 35.5. The Labute approximate surface area is 126 Å². The molecule has 0 aliphatic heterocycles. The number of halogens is 2.